The van der Waals surface area contributed by atoms with Crippen molar-refractivity contribution in [1.29, 1.82) is 0 Å². The van der Waals surface area contributed by atoms with Gasteiger partial charge in [0.2, 0.25) is 5.91 Å². The van der Waals surface area contributed by atoms with E-state index in [1.165, 1.54) is 56.9 Å². The fourth-order valence-corrected chi connectivity index (χ4v) is 12.1. The van der Waals surface area contributed by atoms with Gasteiger partial charge in [-0.25, -0.2) is 9.59 Å². The first-order valence-electron chi connectivity index (χ1n) is 25.2. The van der Waals surface area contributed by atoms with Crippen LogP contribution in [0.5, 0.6) is 0 Å². The fourth-order valence-electron chi connectivity index (χ4n) is 12.1. The van der Waals surface area contributed by atoms with E-state index in [0.717, 1.165) is 93.3 Å². The molecular formula is C52H91N3O7. The first kappa shape index (κ1) is 51.9. The average Bonchev–Trinajstić information content (AvgIpc) is 3.53. The number of hydrogen-bond donors (Lipinski definition) is 2. The van der Waals surface area contributed by atoms with E-state index in [1.54, 1.807) is 0 Å². The summed E-state index contributed by atoms with van der Waals surface area (Å²) in [6.45, 7) is 25.6. The zero-order valence-corrected chi connectivity index (χ0v) is 41.4. The minimum absolute atomic E-state index is 0.0481. The van der Waals surface area contributed by atoms with Crippen LogP contribution in [0.2, 0.25) is 0 Å². The summed E-state index contributed by atoms with van der Waals surface area (Å²) in [4.78, 5) is 52.8. The summed E-state index contributed by atoms with van der Waals surface area (Å²) >= 11 is 0. The molecule has 3 fully saturated rings. The van der Waals surface area contributed by atoms with Crippen LogP contribution in [0.1, 0.15) is 205 Å². The van der Waals surface area contributed by atoms with Crippen LogP contribution in [0, 0.1) is 46.3 Å². The maximum absolute atomic E-state index is 13.6. The molecule has 4 aliphatic rings. The Morgan fingerprint density at radius 1 is 0.726 bits per heavy atom. The van der Waals surface area contributed by atoms with E-state index < -0.39 is 17.3 Å². The molecule has 10 nitrogen and oxygen atoms in total. The number of nitrogens with zero attached hydrogens (tertiary/aromatic N) is 1. The Kier molecular flexibility index (Phi) is 19.6. The molecular weight excluding hydrogens is 779 g/mol. The van der Waals surface area contributed by atoms with Gasteiger partial charge in [-0.15, -0.1) is 0 Å². The molecule has 0 aromatic rings. The molecule has 0 bridgehead atoms. The van der Waals surface area contributed by atoms with Crippen LogP contribution >= 0.6 is 0 Å². The van der Waals surface area contributed by atoms with Gasteiger partial charge in [0.05, 0.1) is 6.42 Å². The van der Waals surface area contributed by atoms with Crippen molar-refractivity contribution in [1.82, 2.24) is 15.5 Å². The molecule has 0 spiro atoms. The van der Waals surface area contributed by atoms with Crippen molar-refractivity contribution in [3.05, 3.63) is 11.6 Å². The fraction of sp³-hybridized carbons (Fsp3) is 0.885. The number of amides is 3. The first-order valence-corrected chi connectivity index (χ1v) is 25.2. The van der Waals surface area contributed by atoms with Crippen molar-refractivity contribution in [3.63, 3.8) is 0 Å². The second-order valence-electron chi connectivity index (χ2n) is 22.9. The molecule has 4 aliphatic carbocycles. The van der Waals surface area contributed by atoms with Gasteiger partial charge in [0.1, 0.15) is 17.3 Å². The Labute approximate surface area is 377 Å². The lowest BCUT2D eigenvalue weighted by Crippen LogP contribution is -2.51. The van der Waals surface area contributed by atoms with Gasteiger partial charge in [-0.3, -0.25) is 9.59 Å². The highest BCUT2D eigenvalue weighted by Crippen LogP contribution is 2.67. The minimum atomic E-state index is -0.578. The maximum atomic E-state index is 13.6. The second-order valence-corrected chi connectivity index (χ2v) is 22.9. The summed E-state index contributed by atoms with van der Waals surface area (Å²) in [5, 5.41) is 5.62. The summed E-state index contributed by atoms with van der Waals surface area (Å²) < 4.78 is 16.8. The molecule has 0 aromatic carbocycles. The largest absolute Gasteiger partial charge is 0.462 e. The molecule has 0 saturated heterocycles. The molecule has 8 atom stereocenters. The molecule has 0 aliphatic heterocycles. The minimum Gasteiger partial charge on any atom is -0.462 e. The van der Waals surface area contributed by atoms with Crippen LogP contribution in [-0.4, -0.2) is 72.4 Å². The summed E-state index contributed by atoms with van der Waals surface area (Å²) in [6, 6.07) is 0. The number of carbonyl (C=O) groups excluding carboxylic acids is 4. The molecule has 0 heterocycles. The van der Waals surface area contributed by atoms with Gasteiger partial charge in [-0.2, -0.15) is 0 Å². The second kappa shape index (κ2) is 23.4. The van der Waals surface area contributed by atoms with Crippen LogP contribution in [0.3, 0.4) is 0 Å². The van der Waals surface area contributed by atoms with Gasteiger partial charge in [0.15, 0.2) is 0 Å². The Morgan fingerprint density at radius 2 is 1.34 bits per heavy atom. The molecule has 0 aromatic heterocycles. The van der Waals surface area contributed by atoms with Crippen LogP contribution in [0.25, 0.3) is 0 Å². The van der Waals surface area contributed by atoms with Gasteiger partial charge in [0.25, 0.3) is 0 Å². The SMILES string of the molecule is CC(C)CCCC(C)C1CCC2C3CC=C4CC(OC(=O)CCC(=O)N(CCCCCCCCNC(=O)OC(C)(C)C)CCCNC(=O)OC(C)(C)C)CCC4(C)C3CCC12C. The summed E-state index contributed by atoms with van der Waals surface area (Å²) in [7, 11) is 0. The van der Waals surface area contributed by atoms with E-state index in [0.29, 0.717) is 38.0 Å². The molecule has 10 heteroatoms. The quantitative estimate of drug-likeness (QED) is 0.0481. The van der Waals surface area contributed by atoms with E-state index >= 15 is 0 Å². The van der Waals surface area contributed by atoms with Crippen LogP contribution < -0.4 is 10.6 Å². The van der Waals surface area contributed by atoms with Crippen LogP contribution in [0.4, 0.5) is 9.59 Å². The lowest BCUT2D eigenvalue weighted by Gasteiger charge is -2.58. The summed E-state index contributed by atoms with van der Waals surface area (Å²) in [5.41, 5.74) is 1.11. The number of rotatable bonds is 22. The van der Waals surface area contributed by atoms with Crippen molar-refractivity contribution in [2.45, 2.75) is 222 Å². The molecule has 0 radical (unpaired) electrons. The third kappa shape index (κ3) is 15.7. The highest BCUT2D eigenvalue weighted by atomic mass is 16.6. The number of alkyl carbamates (subject to hydrolysis) is 2. The third-order valence-corrected chi connectivity index (χ3v) is 15.2. The molecule has 62 heavy (non-hydrogen) atoms. The van der Waals surface area contributed by atoms with E-state index in [-0.39, 0.29) is 42.3 Å². The highest BCUT2D eigenvalue weighted by Gasteiger charge is 2.59. The Bertz CT molecular complexity index is 1480. The molecule has 3 amide bonds. The number of carbonyl (C=O) groups is 4. The molecule has 8 unspecified atom stereocenters. The van der Waals surface area contributed by atoms with Gasteiger partial charge in [0, 0.05) is 39.0 Å². The number of hydrogen-bond acceptors (Lipinski definition) is 7. The lowest BCUT2D eigenvalue weighted by molar-refractivity contribution is -0.153. The predicted octanol–water partition coefficient (Wildman–Crippen LogP) is 12.3. The van der Waals surface area contributed by atoms with Crippen molar-refractivity contribution in [2.75, 3.05) is 26.2 Å². The monoisotopic (exact) mass is 870 g/mol. The number of allylic oxidation sites excluding steroid dienone is 1. The van der Waals surface area contributed by atoms with Crippen LogP contribution in [-0.2, 0) is 23.8 Å². The highest BCUT2D eigenvalue weighted by molar-refractivity contribution is 5.81. The molecule has 3 saturated carbocycles. The Balaban J connectivity index is 1.22. The van der Waals surface area contributed by atoms with Gasteiger partial charge < -0.3 is 29.7 Å². The molecule has 356 valence electrons. The average molecular weight is 870 g/mol. The number of fused-ring (bicyclic) bond motifs is 5. The predicted molar refractivity (Wildman–Crippen MR) is 250 cm³/mol. The zero-order chi connectivity index (χ0) is 45.7. The van der Waals surface area contributed by atoms with Crippen molar-refractivity contribution in [2.24, 2.45) is 46.3 Å². The first-order chi connectivity index (χ1) is 29.1. The van der Waals surface area contributed by atoms with Crippen molar-refractivity contribution >= 4 is 24.1 Å². The lowest BCUT2D eigenvalue weighted by atomic mass is 9.47. The maximum Gasteiger partial charge on any atom is 0.407 e. The topological polar surface area (TPSA) is 123 Å². The third-order valence-electron chi connectivity index (χ3n) is 15.2. The number of esters is 1. The van der Waals surface area contributed by atoms with Gasteiger partial charge in [-0.05, 0) is 152 Å². The number of nitrogens with one attached hydrogen (secondary N) is 2. The normalized spacial score (nSPS) is 27.5. The Hall–Kier alpha value is -2.78. The summed E-state index contributed by atoms with van der Waals surface area (Å²) in [6.07, 6.45) is 21.8. The van der Waals surface area contributed by atoms with E-state index in [2.05, 4.69) is 51.3 Å². The molecule has 2 N–H and O–H groups in total. The molecule has 4 rings (SSSR count). The number of ether oxygens (including phenoxy) is 3. The Morgan fingerprint density at radius 3 is 1.98 bits per heavy atom. The van der Waals surface area contributed by atoms with Crippen molar-refractivity contribution < 1.29 is 33.4 Å². The van der Waals surface area contributed by atoms with E-state index in [1.807, 2.05) is 46.4 Å². The smallest absolute Gasteiger partial charge is 0.407 e. The summed E-state index contributed by atoms with van der Waals surface area (Å²) in [5.74, 6) is 4.47. The van der Waals surface area contributed by atoms with Gasteiger partial charge in [-0.1, -0.05) is 91.2 Å². The van der Waals surface area contributed by atoms with Gasteiger partial charge >= 0.3 is 18.2 Å². The zero-order valence-electron chi connectivity index (χ0n) is 41.4. The van der Waals surface area contributed by atoms with Crippen molar-refractivity contribution in [3.8, 4) is 0 Å². The number of unbranched alkanes of at least 4 members (excludes halogenated alkanes) is 5. The van der Waals surface area contributed by atoms with E-state index in [9.17, 15) is 19.2 Å². The van der Waals surface area contributed by atoms with E-state index in [4.69, 9.17) is 14.2 Å². The standard InChI is InChI=1S/C52H91N3O7/c1-37(2)20-18-21-38(3)42-24-25-43-41-23-22-39-36-40(28-30-51(39,10)44(41)29-31-52(42,43)11)60-46(57)27-26-45(56)55(35-19-33-54-48(59)62-50(7,8)9)34-17-15-13-12-14-16-32-53-47(58)61-49(4,5)6/h22,37-38,40-44H,12-21,23-36H2,1-11H3,(H,53,58)(H,54,59). The van der Waals surface area contributed by atoms with Crippen LogP contribution in [0.15, 0.2) is 11.6 Å².